The van der Waals surface area contributed by atoms with Crippen molar-refractivity contribution < 1.29 is 62.5 Å². The predicted octanol–water partition coefficient (Wildman–Crippen LogP) is 5.71. The van der Waals surface area contributed by atoms with Gasteiger partial charge in [0.1, 0.15) is 39.8 Å². The number of hydrogen-bond donors (Lipinski definition) is 12. The van der Waals surface area contributed by atoms with Gasteiger partial charge in [0.15, 0.2) is 28.2 Å². The van der Waals surface area contributed by atoms with E-state index in [0.717, 1.165) is 0 Å². The first kappa shape index (κ1) is 75.5. The SMILES string of the molecule is C[C@H]1C[C@@H]2[C@H]3CCC4=CC(=O)C=C[C@@]4(C)[C@]3(F)[C@H](O)C[C@@]2(C)[C@]1(O)C(=O)CSCCNC(=S)NCCNC(=O)c1cc(NC(=O)c2cc(NC(=O)c3cc(NC(=O)c4cc(NC(=O)CCCNC(=O)c5cc(NC(=O)c6cc(NC(=O)c7nccn7C)cn6C)cn5C)cn4C)cn3C)cn2C)cn1C. The molecular formula is C72H87FN18O12S2. The van der Waals surface area contributed by atoms with Crippen molar-refractivity contribution in [2.45, 2.75) is 76.7 Å². The first-order valence-corrected chi connectivity index (χ1v) is 35.8. The molecule has 33 heteroatoms. The van der Waals surface area contributed by atoms with Gasteiger partial charge in [0.05, 0.1) is 46.0 Å². The number of aromatic nitrogens is 8. The minimum absolute atomic E-state index is 0.00745. The van der Waals surface area contributed by atoms with Crippen LogP contribution in [-0.4, -0.2) is 166 Å². The van der Waals surface area contributed by atoms with Gasteiger partial charge in [-0.25, -0.2) is 9.37 Å². The van der Waals surface area contributed by atoms with Gasteiger partial charge in [-0.05, 0) is 112 Å². The van der Waals surface area contributed by atoms with E-state index in [0.29, 0.717) is 76.4 Å². The highest BCUT2D eigenvalue weighted by Crippen LogP contribution is 2.71. The van der Waals surface area contributed by atoms with Crippen molar-refractivity contribution in [3.05, 3.63) is 150 Å². The quantitative estimate of drug-likeness (QED) is 0.0228. The van der Waals surface area contributed by atoms with Gasteiger partial charge in [-0.1, -0.05) is 25.5 Å². The fourth-order valence-electron chi connectivity index (χ4n) is 15.6. The number of thiocarbonyl (C=S) groups is 1. The lowest BCUT2D eigenvalue weighted by atomic mass is 9.44. The molecule has 556 valence electrons. The van der Waals surface area contributed by atoms with Crippen molar-refractivity contribution in [1.29, 1.82) is 0 Å². The number of imidazole rings is 1. The third-order valence-corrected chi connectivity index (χ3v) is 22.2. The van der Waals surface area contributed by atoms with Gasteiger partial charge < -0.3 is 95.4 Å². The Morgan fingerprint density at radius 3 is 1.49 bits per heavy atom. The molecule has 0 unspecified atom stereocenters. The second-order valence-corrected chi connectivity index (χ2v) is 29.5. The summed E-state index contributed by atoms with van der Waals surface area (Å²) in [5.74, 6) is -5.01. The third kappa shape index (κ3) is 15.1. The molecule has 7 heterocycles. The van der Waals surface area contributed by atoms with Crippen molar-refractivity contribution in [2.24, 2.45) is 77.9 Å². The maximum atomic E-state index is 17.6. The van der Waals surface area contributed by atoms with E-state index in [1.807, 2.05) is 13.8 Å². The van der Waals surface area contributed by atoms with Gasteiger partial charge in [0.2, 0.25) is 5.91 Å². The number of alkyl halides is 1. The Hall–Kier alpha value is -10.6. The molecule has 12 N–H and O–H groups in total. The molecule has 8 atom stereocenters. The molecule has 7 aromatic heterocycles. The van der Waals surface area contributed by atoms with Crippen molar-refractivity contribution >= 4 is 122 Å². The second kappa shape index (κ2) is 30.2. The number of aliphatic hydroxyl groups excluding tert-OH is 1. The number of Topliss-reactive ketones (excluding diaryl/α,β-unsaturated/α-hetero) is 1. The number of ketones is 2. The molecule has 11 rings (SSSR count). The molecule has 0 bridgehead atoms. The number of hydrogen-bond acceptors (Lipinski definition) is 15. The minimum Gasteiger partial charge on any atom is -0.390 e. The summed E-state index contributed by atoms with van der Waals surface area (Å²) in [6, 6.07) is 9.03. The van der Waals surface area contributed by atoms with E-state index in [1.54, 1.807) is 124 Å². The number of halogens is 1. The Bertz CT molecular complexity index is 4720. The zero-order valence-corrected chi connectivity index (χ0v) is 61.5. The number of amides is 8. The first-order valence-electron chi connectivity index (χ1n) is 34.3. The van der Waals surface area contributed by atoms with Crippen molar-refractivity contribution in [1.82, 2.24) is 58.2 Å². The zero-order chi connectivity index (χ0) is 75.8. The summed E-state index contributed by atoms with van der Waals surface area (Å²) < 4.78 is 28.4. The van der Waals surface area contributed by atoms with E-state index in [4.69, 9.17) is 12.2 Å². The summed E-state index contributed by atoms with van der Waals surface area (Å²) >= 11 is 6.79. The molecule has 30 nitrogen and oxygen atoms in total. The molecule has 0 saturated heterocycles. The third-order valence-electron chi connectivity index (χ3n) is 21.0. The number of carbonyl (C=O) groups excluding carboxylic acids is 10. The molecule has 7 aromatic rings. The summed E-state index contributed by atoms with van der Waals surface area (Å²) in [5, 5.41) is 52.8. The Balaban J connectivity index is 0.567. The van der Waals surface area contributed by atoms with E-state index < -0.39 is 81.4 Å². The zero-order valence-electron chi connectivity index (χ0n) is 59.9. The van der Waals surface area contributed by atoms with E-state index in [-0.39, 0.29) is 108 Å². The average molecular weight is 1480 g/mol. The Labute approximate surface area is 613 Å². The number of fused-ring (bicyclic) bond motifs is 5. The monoisotopic (exact) mass is 1480 g/mol. The molecule has 105 heavy (non-hydrogen) atoms. The molecule has 0 aliphatic heterocycles. The number of rotatable bonds is 26. The number of nitrogens with zero attached hydrogens (tertiary/aromatic N) is 8. The van der Waals surface area contributed by atoms with E-state index >= 15 is 4.39 Å². The van der Waals surface area contributed by atoms with Crippen LogP contribution in [0.4, 0.5) is 38.5 Å². The summed E-state index contributed by atoms with van der Waals surface area (Å²) in [7, 11) is 11.5. The van der Waals surface area contributed by atoms with Crippen molar-refractivity contribution in [3.63, 3.8) is 0 Å². The van der Waals surface area contributed by atoms with Gasteiger partial charge in [-0.3, -0.25) is 47.9 Å². The number of thioether (sulfide) groups is 1. The van der Waals surface area contributed by atoms with Crippen LogP contribution < -0.4 is 53.2 Å². The molecule has 3 fully saturated rings. The molecule has 4 aliphatic carbocycles. The Morgan fingerprint density at radius 2 is 1.02 bits per heavy atom. The van der Waals surface area contributed by atoms with Crippen LogP contribution in [0.5, 0.6) is 0 Å². The summed E-state index contributed by atoms with van der Waals surface area (Å²) in [5.41, 5.74) is -2.01. The Morgan fingerprint density at radius 1 is 0.590 bits per heavy atom. The maximum Gasteiger partial charge on any atom is 0.291 e. The maximum absolute atomic E-state index is 17.6. The number of allylic oxidation sites excluding steroid dienone is 4. The standard InChI is InChI=1S/C72H87FN18O12S2/c1-40-24-50-49-14-13-41-25-48(92)15-16-69(41,2)71(49,73)57(93)32-70(50,3)72(40,103)58(94)39-105-23-21-78-68(104)77-19-18-76-62(97)52-28-44(35-87(52)6)81-64(99)54-30-46(37-89(54)8)83-65(100)55-29-45(36-90(55)9)82-63(98)53-26-42(33-88(53)7)79-59(95)12-11-17-75-61(96)51-27-43(34-86(51)5)80-66(101)56-31-47(38-91(56)10)84-67(102)60-74-20-22-85(60)4/h15-16,20,22,25-31,33-38,40,49-50,57,93,103H,11-14,17-19,21,23-24,32,39H2,1-10H3,(H,75,96)(H,76,97)(H,79,95)(H,80,101)(H,81,99)(H,82,98)(H,83,100)(H,84,102)(H2,77,78,104)/t40-,49+,50+,57+,69+,70+,71+,72+/m0/s1. The van der Waals surface area contributed by atoms with Crippen molar-refractivity contribution in [3.8, 4) is 0 Å². The molecule has 4 aliphatic rings. The highest BCUT2D eigenvalue weighted by atomic mass is 32.2. The van der Waals surface area contributed by atoms with Gasteiger partial charge >= 0.3 is 0 Å². The lowest BCUT2D eigenvalue weighted by molar-refractivity contribution is -0.218. The highest BCUT2D eigenvalue weighted by Gasteiger charge is 2.75. The number of nitrogens with one attached hydrogen (secondary N) is 10. The fourth-order valence-corrected chi connectivity index (χ4v) is 16.6. The normalized spacial score (nSPS) is 22.1. The molecule has 0 aromatic carbocycles. The molecule has 8 amide bonds. The number of aliphatic hydroxyl groups is 2. The van der Waals surface area contributed by atoms with Gasteiger partial charge in [0.25, 0.3) is 41.4 Å². The van der Waals surface area contributed by atoms with Gasteiger partial charge in [0, 0.05) is 154 Å². The van der Waals surface area contributed by atoms with Crippen LogP contribution in [0.15, 0.2) is 110 Å². The topological polar surface area (TPSA) is 379 Å². The summed E-state index contributed by atoms with van der Waals surface area (Å²) in [4.78, 5) is 136. The van der Waals surface area contributed by atoms with Crippen LogP contribution in [0.1, 0.15) is 133 Å². The lowest BCUT2D eigenvalue weighted by Gasteiger charge is -2.62. The molecule has 0 spiro atoms. The number of aryl methyl sites for hydroxylation is 7. The first-order chi connectivity index (χ1) is 49.7. The smallest absolute Gasteiger partial charge is 0.291 e. The minimum atomic E-state index is -2.06. The second-order valence-electron chi connectivity index (χ2n) is 28.0. The highest BCUT2D eigenvalue weighted by molar-refractivity contribution is 8.00. The van der Waals surface area contributed by atoms with Crippen LogP contribution in [-0.2, 0) is 63.7 Å². The van der Waals surface area contributed by atoms with Crippen LogP contribution in [0.25, 0.3) is 0 Å². The van der Waals surface area contributed by atoms with Crippen molar-refractivity contribution in [2.75, 3.05) is 69.6 Å². The van der Waals surface area contributed by atoms with Crippen LogP contribution in [0.3, 0.4) is 0 Å². The number of carbonyl (C=O) groups is 10. The largest absolute Gasteiger partial charge is 0.390 e. The fraction of sp³-hybridized carbons (Fsp3) is 0.417. The van der Waals surface area contributed by atoms with Gasteiger partial charge in [-0.2, -0.15) is 11.8 Å². The molecular weight excluding hydrogens is 1390 g/mol. The van der Waals surface area contributed by atoms with E-state index in [1.165, 1.54) is 80.2 Å². The number of anilines is 6. The summed E-state index contributed by atoms with van der Waals surface area (Å²) in [6.45, 7) is 6.41. The predicted molar refractivity (Wildman–Crippen MR) is 397 cm³/mol. The van der Waals surface area contributed by atoms with Crippen LogP contribution in [0, 0.1) is 28.6 Å². The van der Waals surface area contributed by atoms with Crippen LogP contribution in [0.2, 0.25) is 0 Å². The van der Waals surface area contributed by atoms with Gasteiger partial charge in [-0.15, -0.1) is 0 Å². The average Bonchev–Trinajstić information content (AvgIpc) is 1.25. The Kier molecular flexibility index (Phi) is 21.7. The summed E-state index contributed by atoms with van der Waals surface area (Å²) in [6.07, 6.45) is 17.1. The van der Waals surface area contributed by atoms with E-state index in [9.17, 15) is 58.2 Å². The molecule has 0 radical (unpaired) electrons. The lowest BCUT2D eigenvalue weighted by Crippen LogP contribution is -2.69. The van der Waals surface area contributed by atoms with E-state index in [2.05, 4.69) is 58.2 Å². The van der Waals surface area contributed by atoms with Crippen LogP contribution >= 0.6 is 24.0 Å². The molecule has 3 saturated carbocycles.